The van der Waals surface area contributed by atoms with E-state index in [-0.39, 0.29) is 25.7 Å². The second-order valence-corrected chi connectivity index (χ2v) is 5.95. The summed E-state index contributed by atoms with van der Waals surface area (Å²) in [5.74, 6) is 0.566. The van der Waals surface area contributed by atoms with Crippen LogP contribution in [0.3, 0.4) is 0 Å². The molecule has 2 aromatic carbocycles. The van der Waals surface area contributed by atoms with Gasteiger partial charge in [0, 0.05) is 12.3 Å². The minimum absolute atomic E-state index is 0.0129. The van der Waals surface area contributed by atoms with Crippen LogP contribution in [0.25, 0.3) is 0 Å². The fourth-order valence-electron chi connectivity index (χ4n) is 2.57. The molecule has 0 aliphatic rings. The summed E-state index contributed by atoms with van der Waals surface area (Å²) in [6.45, 7) is 2.10. The van der Waals surface area contributed by atoms with Gasteiger partial charge in [-0.3, -0.25) is 5.32 Å². The Hall–Kier alpha value is -2.57. The number of aliphatic hydroxyl groups excluding tert-OH is 2. The van der Waals surface area contributed by atoms with Crippen molar-refractivity contribution in [2.24, 2.45) is 5.92 Å². The fraction of sp³-hybridized carbons (Fsp3) is 0.350. The summed E-state index contributed by atoms with van der Waals surface area (Å²) in [6, 6.07) is 16.2. The fourth-order valence-corrected chi connectivity index (χ4v) is 2.57. The van der Waals surface area contributed by atoms with Gasteiger partial charge >= 0.3 is 6.09 Å². The van der Waals surface area contributed by atoms with E-state index in [1.54, 1.807) is 24.3 Å². The maximum absolute atomic E-state index is 12.3. The van der Waals surface area contributed by atoms with Crippen LogP contribution in [0.2, 0.25) is 0 Å². The molecule has 0 saturated carbocycles. The van der Waals surface area contributed by atoms with Gasteiger partial charge in [0.25, 0.3) is 0 Å². The maximum atomic E-state index is 12.3. The number of ether oxygens (including phenoxy) is 2. The van der Waals surface area contributed by atoms with Gasteiger partial charge in [-0.05, 0) is 42.2 Å². The molecule has 6 heteroatoms. The Kier molecular flexibility index (Phi) is 7.92. The van der Waals surface area contributed by atoms with Crippen LogP contribution < -0.4 is 10.1 Å². The highest BCUT2D eigenvalue weighted by molar-refractivity contribution is 5.84. The molecular formula is C20H25NO5. The molecule has 0 aromatic heterocycles. The zero-order chi connectivity index (χ0) is 18.8. The van der Waals surface area contributed by atoms with Gasteiger partial charge < -0.3 is 19.7 Å². The lowest BCUT2D eigenvalue weighted by Crippen LogP contribution is -2.22. The van der Waals surface area contributed by atoms with Gasteiger partial charge in [-0.2, -0.15) is 0 Å². The average molecular weight is 359 g/mol. The lowest BCUT2D eigenvalue weighted by Gasteiger charge is -2.24. The molecular weight excluding hydrogens is 334 g/mol. The Balaban J connectivity index is 2.08. The molecule has 0 aliphatic heterocycles. The van der Waals surface area contributed by atoms with Crippen LogP contribution in [-0.4, -0.2) is 36.1 Å². The van der Waals surface area contributed by atoms with Crippen LogP contribution in [0.4, 0.5) is 10.5 Å². The molecule has 2 aromatic rings. The largest absolute Gasteiger partial charge is 0.491 e. The van der Waals surface area contributed by atoms with E-state index in [1.807, 2.05) is 37.3 Å². The van der Waals surface area contributed by atoms with Crippen molar-refractivity contribution in [2.45, 2.75) is 19.4 Å². The zero-order valence-electron chi connectivity index (χ0n) is 14.8. The van der Waals surface area contributed by atoms with Crippen LogP contribution >= 0.6 is 0 Å². The monoisotopic (exact) mass is 359 g/mol. The van der Waals surface area contributed by atoms with E-state index >= 15 is 0 Å². The number of carbonyl (C=O) groups is 1. The Labute approximate surface area is 153 Å². The van der Waals surface area contributed by atoms with Crippen molar-refractivity contribution in [1.29, 1.82) is 0 Å². The smallest absolute Gasteiger partial charge is 0.412 e. The van der Waals surface area contributed by atoms with E-state index in [0.717, 1.165) is 5.56 Å². The molecule has 0 heterocycles. The highest BCUT2D eigenvalue weighted by atomic mass is 16.6. The first kappa shape index (κ1) is 19.8. The molecule has 3 N–H and O–H groups in total. The summed E-state index contributed by atoms with van der Waals surface area (Å²) in [7, 11) is 0. The quantitative estimate of drug-likeness (QED) is 0.639. The van der Waals surface area contributed by atoms with Crippen LogP contribution in [0, 0.1) is 5.92 Å². The Morgan fingerprint density at radius 1 is 1.04 bits per heavy atom. The predicted molar refractivity (Wildman–Crippen MR) is 99.2 cm³/mol. The molecule has 0 bridgehead atoms. The third-order valence-corrected chi connectivity index (χ3v) is 3.92. The van der Waals surface area contributed by atoms with Crippen molar-refractivity contribution >= 4 is 11.8 Å². The van der Waals surface area contributed by atoms with Gasteiger partial charge in [-0.1, -0.05) is 37.3 Å². The molecule has 2 atom stereocenters. The summed E-state index contributed by atoms with van der Waals surface area (Å²) < 4.78 is 11.0. The molecule has 0 radical (unpaired) electrons. The highest BCUT2D eigenvalue weighted by Gasteiger charge is 2.23. The van der Waals surface area contributed by atoms with Crippen molar-refractivity contribution in [3.8, 4) is 5.75 Å². The highest BCUT2D eigenvalue weighted by Crippen LogP contribution is 2.30. The van der Waals surface area contributed by atoms with Crippen LogP contribution in [0.5, 0.6) is 5.75 Å². The van der Waals surface area contributed by atoms with Crippen LogP contribution in [-0.2, 0) is 4.74 Å². The van der Waals surface area contributed by atoms with Crippen molar-refractivity contribution in [1.82, 2.24) is 0 Å². The van der Waals surface area contributed by atoms with Crippen molar-refractivity contribution < 1.29 is 24.5 Å². The number of rotatable bonds is 9. The molecule has 0 saturated heterocycles. The van der Waals surface area contributed by atoms with E-state index in [0.29, 0.717) is 17.9 Å². The molecule has 26 heavy (non-hydrogen) atoms. The minimum Gasteiger partial charge on any atom is -0.491 e. The van der Waals surface area contributed by atoms with Crippen LogP contribution in [0.15, 0.2) is 54.6 Å². The minimum atomic E-state index is -0.549. The zero-order valence-corrected chi connectivity index (χ0v) is 14.8. The number of hydrogen-bond acceptors (Lipinski definition) is 5. The number of amides is 1. The number of para-hydroxylation sites is 1. The molecule has 0 aliphatic carbocycles. The first-order chi connectivity index (χ1) is 12.6. The summed E-state index contributed by atoms with van der Waals surface area (Å²) in [5, 5.41) is 20.8. The Bertz CT molecular complexity index is 660. The molecule has 1 amide bonds. The van der Waals surface area contributed by atoms with Crippen molar-refractivity contribution in [3.05, 3.63) is 60.2 Å². The van der Waals surface area contributed by atoms with Gasteiger partial charge in [-0.25, -0.2) is 4.79 Å². The number of aliphatic hydroxyl groups is 2. The lowest BCUT2D eigenvalue weighted by molar-refractivity contribution is 0.0667. The summed E-state index contributed by atoms with van der Waals surface area (Å²) in [6.07, 6.45) is -0.546. The second kappa shape index (κ2) is 10.4. The van der Waals surface area contributed by atoms with Gasteiger partial charge in [0.1, 0.15) is 18.5 Å². The first-order valence-electron chi connectivity index (χ1n) is 8.61. The van der Waals surface area contributed by atoms with E-state index < -0.39 is 12.2 Å². The third kappa shape index (κ3) is 6.06. The third-order valence-electron chi connectivity index (χ3n) is 3.92. The predicted octanol–water partition coefficient (Wildman–Crippen LogP) is 3.37. The standard InChI is InChI=1S/C20H25NO5/c1-15(11-12-22)19(16-7-9-18(10-8-16)25-14-13-23)26-20(24)21-17-5-3-2-4-6-17/h2-10,15,19,22-23H,11-14H2,1H3,(H,21,24)/t15-,19+/m1/s1. The molecule has 2 rings (SSSR count). The SMILES string of the molecule is C[C@H](CCO)[C@H](OC(=O)Nc1ccccc1)c1ccc(OCCO)cc1. The normalized spacial score (nSPS) is 12.9. The van der Waals surface area contributed by atoms with Gasteiger partial charge in [0.05, 0.1) is 6.61 Å². The van der Waals surface area contributed by atoms with Crippen molar-refractivity contribution in [3.63, 3.8) is 0 Å². The first-order valence-corrected chi connectivity index (χ1v) is 8.61. The number of hydrogen-bond donors (Lipinski definition) is 3. The Morgan fingerprint density at radius 3 is 2.35 bits per heavy atom. The average Bonchev–Trinajstić information content (AvgIpc) is 2.66. The van der Waals surface area contributed by atoms with Crippen LogP contribution in [0.1, 0.15) is 25.0 Å². The molecule has 0 spiro atoms. The van der Waals surface area contributed by atoms with E-state index in [4.69, 9.17) is 14.6 Å². The number of nitrogens with one attached hydrogen (secondary N) is 1. The number of anilines is 1. The van der Waals surface area contributed by atoms with Gasteiger partial charge in [0.15, 0.2) is 0 Å². The van der Waals surface area contributed by atoms with Crippen molar-refractivity contribution in [2.75, 3.05) is 25.1 Å². The van der Waals surface area contributed by atoms with E-state index in [1.165, 1.54) is 0 Å². The second-order valence-electron chi connectivity index (χ2n) is 5.95. The van der Waals surface area contributed by atoms with E-state index in [2.05, 4.69) is 5.32 Å². The molecule has 0 unspecified atom stereocenters. The van der Waals surface area contributed by atoms with Gasteiger partial charge in [0.2, 0.25) is 0 Å². The van der Waals surface area contributed by atoms with Gasteiger partial charge in [-0.15, -0.1) is 0 Å². The summed E-state index contributed by atoms with van der Waals surface area (Å²) in [4.78, 5) is 12.3. The Morgan fingerprint density at radius 2 is 1.73 bits per heavy atom. The molecule has 0 fully saturated rings. The summed E-state index contributed by atoms with van der Waals surface area (Å²) in [5.41, 5.74) is 1.46. The topological polar surface area (TPSA) is 88.0 Å². The number of benzene rings is 2. The number of carbonyl (C=O) groups excluding carboxylic acids is 1. The molecule has 140 valence electrons. The maximum Gasteiger partial charge on any atom is 0.412 e. The molecule has 6 nitrogen and oxygen atoms in total. The summed E-state index contributed by atoms with van der Waals surface area (Å²) >= 11 is 0. The van der Waals surface area contributed by atoms with E-state index in [9.17, 15) is 9.90 Å². The lowest BCUT2D eigenvalue weighted by atomic mass is 9.94.